The molecule has 4 heterocycles. The van der Waals surface area contributed by atoms with Crippen LogP contribution in [0.1, 0.15) is 40.0 Å². The van der Waals surface area contributed by atoms with E-state index in [1.165, 1.54) is 0 Å². The SMILES string of the molecule is CN1CCC(Nc2ncnc3ccc(C4=CCc5nc(NC(=O)c6ccncc6)ccc54)cc23)CC1. The molecule has 0 spiro atoms. The Morgan fingerprint density at radius 3 is 2.69 bits per heavy atom. The lowest BCUT2D eigenvalue weighted by Crippen LogP contribution is -2.36. The lowest BCUT2D eigenvalue weighted by atomic mass is 9.99. The molecule has 8 nitrogen and oxygen atoms in total. The molecule has 8 heteroatoms. The highest BCUT2D eigenvalue weighted by Crippen LogP contribution is 2.35. The molecule has 1 aromatic carbocycles. The summed E-state index contributed by atoms with van der Waals surface area (Å²) in [5, 5.41) is 7.58. The molecular formula is C28H27N7O. The fourth-order valence-corrected chi connectivity index (χ4v) is 4.93. The van der Waals surface area contributed by atoms with Crippen LogP contribution in [0.4, 0.5) is 11.6 Å². The standard InChI is InChI=1S/C28H27N7O/c1-35-14-10-20(11-15-35)32-27-23-16-19(2-5-24(23)30-17-31-27)21-3-6-25-22(21)4-7-26(33-25)34-28(36)18-8-12-29-13-9-18/h2-5,7-9,12-13,16-17,20H,6,10-11,14-15H2,1H3,(H,30,31,32)(H,33,34,36). The van der Waals surface area contributed by atoms with E-state index in [0.717, 1.165) is 65.0 Å². The van der Waals surface area contributed by atoms with E-state index >= 15 is 0 Å². The number of likely N-dealkylation sites (tertiary alicyclic amines) is 1. The van der Waals surface area contributed by atoms with E-state index in [0.29, 0.717) is 23.8 Å². The Morgan fingerprint density at radius 1 is 1.03 bits per heavy atom. The van der Waals surface area contributed by atoms with Crippen molar-refractivity contribution in [3.63, 3.8) is 0 Å². The maximum atomic E-state index is 12.5. The number of carbonyl (C=O) groups excluding carboxylic acids is 1. The monoisotopic (exact) mass is 477 g/mol. The van der Waals surface area contributed by atoms with Crippen molar-refractivity contribution < 1.29 is 4.79 Å². The zero-order valence-corrected chi connectivity index (χ0v) is 20.1. The van der Waals surface area contributed by atoms with E-state index in [4.69, 9.17) is 4.98 Å². The summed E-state index contributed by atoms with van der Waals surface area (Å²) in [5.41, 5.74) is 5.76. The van der Waals surface area contributed by atoms with Gasteiger partial charge in [0.15, 0.2) is 0 Å². The number of hydrogen-bond acceptors (Lipinski definition) is 7. The number of nitrogens with zero attached hydrogens (tertiary/aromatic N) is 5. The number of rotatable bonds is 5. The summed E-state index contributed by atoms with van der Waals surface area (Å²) in [6.07, 6.45) is 9.96. The van der Waals surface area contributed by atoms with Crippen molar-refractivity contribution in [1.29, 1.82) is 0 Å². The van der Waals surface area contributed by atoms with Gasteiger partial charge in [-0.05, 0) is 80.5 Å². The van der Waals surface area contributed by atoms with Crippen LogP contribution in [-0.4, -0.2) is 56.9 Å². The fraction of sp³-hybridized carbons (Fsp3) is 0.250. The Hall–Kier alpha value is -4.17. The minimum atomic E-state index is -0.199. The Labute approximate surface area is 209 Å². The second kappa shape index (κ2) is 9.47. The van der Waals surface area contributed by atoms with Crippen LogP contribution in [0.3, 0.4) is 0 Å². The first-order valence-electron chi connectivity index (χ1n) is 12.3. The average molecular weight is 478 g/mol. The van der Waals surface area contributed by atoms with Crippen LogP contribution in [0.15, 0.2) is 67.3 Å². The number of anilines is 2. The molecule has 1 fully saturated rings. The van der Waals surface area contributed by atoms with Gasteiger partial charge in [0.2, 0.25) is 0 Å². The summed E-state index contributed by atoms with van der Waals surface area (Å²) in [4.78, 5) is 32.6. The molecule has 0 saturated carbocycles. The van der Waals surface area contributed by atoms with Gasteiger partial charge in [0.25, 0.3) is 5.91 Å². The summed E-state index contributed by atoms with van der Waals surface area (Å²) in [6.45, 7) is 2.18. The predicted molar refractivity (Wildman–Crippen MR) is 141 cm³/mol. The maximum Gasteiger partial charge on any atom is 0.256 e. The third-order valence-electron chi connectivity index (χ3n) is 6.95. The second-order valence-electron chi connectivity index (χ2n) is 9.38. The summed E-state index contributed by atoms with van der Waals surface area (Å²) in [7, 11) is 2.17. The number of pyridine rings is 2. The first-order valence-corrected chi connectivity index (χ1v) is 12.3. The Bertz CT molecular complexity index is 1460. The normalized spacial score (nSPS) is 16.0. The van der Waals surface area contributed by atoms with Crippen molar-refractivity contribution in [2.24, 2.45) is 0 Å². The zero-order valence-electron chi connectivity index (χ0n) is 20.1. The third-order valence-corrected chi connectivity index (χ3v) is 6.95. The van der Waals surface area contributed by atoms with Gasteiger partial charge in [0.05, 0.1) is 11.2 Å². The van der Waals surface area contributed by atoms with Crippen molar-refractivity contribution in [1.82, 2.24) is 24.8 Å². The molecule has 2 aliphatic rings. The molecule has 6 rings (SSSR count). The molecule has 1 aliphatic heterocycles. The van der Waals surface area contributed by atoms with Crippen LogP contribution in [-0.2, 0) is 6.42 Å². The molecule has 180 valence electrons. The van der Waals surface area contributed by atoms with Crippen molar-refractivity contribution in [3.05, 3.63) is 89.6 Å². The quantitative estimate of drug-likeness (QED) is 0.445. The number of piperidine rings is 1. The lowest BCUT2D eigenvalue weighted by molar-refractivity contribution is 0.102. The van der Waals surface area contributed by atoms with E-state index in [1.54, 1.807) is 30.9 Å². The molecular weight excluding hydrogens is 450 g/mol. The number of allylic oxidation sites excluding steroid dienone is 1. The second-order valence-corrected chi connectivity index (χ2v) is 9.38. The van der Waals surface area contributed by atoms with Crippen LogP contribution >= 0.6 is 0 Å². The average Bonchev–Trinajstić information content (AvgIpc) is 3.34. The number of hydrogen-bond donors (Lipinski definition) is 2. The molecule has 1 aliphatic carbocycles. The van der Waals surface area contributed by atoms with E-state index in [-0.39, 0.29) is 5.91 Å². The molecule has 0 atom stereocenters. The van der Waals surface area contributed by atoms with Gasteiger partial charge in [-0.1, -0.05) is 12.1 Å². The first-order chi connectivity index (χ1) is 17.6. The summed E-state index contributed by atoms with van der Waals surface area (Å²) in [5.74, 6) is 1.24. The minimum absolute atomic E-state index is 0.199. The van der Waals surface area contributed by atoms with Crippen LogP contribution < -0.4 is 10.6 Å². The highest BCUT2D eigenvalue weighted by Gasteiger charge is 2.21. The van der Waals surface area contributed by atoms with Gasteiger partial charge in [0, 0.05) is 41.4 Å². The van der Waals surface area contributed by atoms with E-state index in [2.05, 4.69) is 61.8 Å². The Balaban J connectivity index is 1.24. The van der Waals surface area contributed by atoms with Crippen LogP contribution in [0.25, 0.3) is 16.5 Å². The van der Waals surface area contributed by atoms with Crippen LogP contribution in [0.2, 0.25) is 0 Å². The molecule has 0 bridgehead atoms. The predicted octanol–water partition coefficient (Wildman–Crippen LogP) is 4.17. The highest BCUT2D eigenvalue weighted by atomic mass is 16.1. The molecule has 1 saturated heterocycles. The van der Waals surface area contributed by atoms with E-state index < -0.39 is 0 Å². The number of aromatic nitrogens is 4. The molecule has 4 aromatic rings. The largest absolute Gasteiger partial charge is 0.367 e. The van der Waals surface area contributed by atoms with Gasteiger partial charge in [-0.15, -0.1) is 0 Å². The number of carbonyl (C=O) groups is 1. The topological polar surface area (TPSA) is 95.9 Å². The van der Waals surface area contributed by atoms with Crippen molar-refractivity contribution in [2.75, 3.05) is 30.8 Å². The van der Waals surface area contributed by atoms with Gasteiger partial charge in [0.1, 0.15) is 18.0 Å². The summed E-state index contributed by atoms with van der Waals surface area (Å²) in [6, 6.07) is 14.0. The summed E-state index contributed by atoms with van der Waals surface area (Å²) < 4.78 is 0. The van der Waals surface area contributed by atoms with Crippen LogP contribution in [0.5, 0.6) is 0 Å². The summed E-state index contributed by atoms with van der Waals surface area (Å²) >= 11 is 0. The van der Waals surface area contributed by atoms with E-state index in [1.807, 2.05) is 12.1 Å². The van der Waals surface area contributed by atoms with Crippen molar-refractivity contribution in [2.45, 2.75) is 25.3 Å². The molecule has 0 radical (unpaired) electrons. The third kappa shape index (κ3) is 4.43. The zero-order chi connectivity index (χ0) is 24.5. The number of fused-ring (bicyclic) bond motifs is 2. The van der Waals surface area contributed by atoms with Gasteiger partial charge in [-0.25, -0.2) is 15.0 Å². The van der Waals surface area contributed by atoms with Gasteiger partial charge < -0.3 is 15.5 Å². The van der Waals surface area contributed by atoms with Crippen molar-refractivity contribution >= 4 is 34.0 Å². The van der Waals surface area contributed by atoms with Crippen molar-refractivity contribution in [3.8, 4) is 0 Å². The highest BCUT2D eigenvalue weighted by molar-refractivity contribution is 6.03. The molecule has 36 heavy (non-hydrogen) atoms. The van der Waals surface area contributed by atoms with Gasteiger partial charge in [-0.3, -0.25) is 9.78 Å². The van der Waals surface area contributed by atoms with E-state index in [9.17, 15) is 4.79 Å². The molecule has 1 amide bonds. The maximum absolute atomic E-state index is 12.5. The fourth-order valence-electron chi connectivity index (χ4n) is 4.93. The minimum Gasteiger partial charge on any atom is -0.367 e. The Kier molecular flexibility index (Phi) is 5.87. The molecule has 2 N–H and O–H groups in total. The Morgan fingerprint density at radius 2 is 1.86 bits per heavy atom. The smallest absolute Gasteiger partial charge is 0.256 e. The van der Waals surface area contributed by atoms with Gasteiger partial charge >= 0.3 is 0 Å². The van der Waals surface area contributed by atoms with Gasteiger partial charge in [-0.2, -0.15) is 0 Å². The number of amides is 1. The molecule has 3 aromatic heterocycles. The number of benzene rings is 1. The van der Waals surface area contributed by atoms with Crippen LogP contribution in [0, 0.1) is 0 Å². The number of nitrogens with one attached hydrogen (secondary N) is 2. The first kappa shape index (κ1) is 22.3. The lowest BCUT2D eigenvalue weighted by Gasteiger charge is -2.30. The molecule has 0 unspecified atom stereocenters.